The second-order valence-electron chi connectivity index (χ2n) is 5.04. The SMILES string of the molecule is O=C(O)C=Cc1ccc(CN2CCCCCC2=O)cc1. The van der Waals surface area contributed by atoms with Crippen molar-refractivity contribution in [2.24, 2.45) is 0 Å². The van der Waals surface area contributed by atoms with Gasteiger partial charge in [0.05, 0.1) is 0 Å². The molecule has 1 saturated heterocycles. The second-order valence-corrected chi connectivity index (χ2v) is 5.04. The van der Waals surface area contributed by atoms with Gasteiger partial charge in [-0.2, -0.15) is 0 Å². The predicted octanol–water partition coefficient (Wildman–Crippen LogP) is 2.69. The maximum absolute atomic E-state index is 11.9. The monoisotopic (exact) mass is 273 g/mol. The Bertz CT molecular complexity index is 505. The molecule has 1 amide bonds. The van der Waals surface area contributed by atoms with Crippen LogP contribution in [0.5, 0.6) is 0 Å². The molecule has 1 N–H and O–H groups in total. The van der Waals surface area contributed by atoms with E-state index in [1.165, 1.54) is 0 Å². The van der Waals surface area contributed by atoms with Gasteiger partial charge in [0, 0.05) is 25.6 Å². The smallest absolute Gasteiger partial charge is 0.328 e. The normalized spacial score (nSPS) is 16.4. The molecule has 1 heterocycles. The van der Waals surface area contributed by atoms with Crippen LogP contribution in [-0.4, -0.2) is 28.4 Å². The molecule has 1 aliphatic heterocycles. The van der Waals surface area contributed by atoms with Crippen molar-refractivity contribution in [2.75, 3.05) is 6.54 Å². The Morgan fingerprint density at radius 2 is 1.95 bits per heavy atom. The molecule has 0 aromatic heterocycles. The summed E-state index contributed by atoms with van der Waals surface area (Å²) in [5, 5.41) is 8.57. The first-order valence-corrected chi connectivity index (χ1v) is 6.93. The van der Waals surface area contributed by atoms with Crippen LogP contribution in [0.4, 0.5) is 0 Å². The number of rotatable bonds is 4. The average Bonchev–Trinajstić information content (AvgIpc) is 2.63. The highest BCUT2D eigenvalue weighted by molar-refractivity contribution is 5.85. The fraction of sp³-hybridized carbons (Fsp3) is 0.375. The Morgan fingerprint density at radius 1 is 1.20 bits per heavy atom. The maximum Gasteiger partial charge on any atom is 0.328 e. The quantitative estimate of drug-likeness (QED) is 0.858. The van der Waals surface area contributed by atoms with Crippen molar-refractivity contribution in [3.8, 4) is 0 Å². The van der Waals surface area contributed by atoms with Crippen LogP contribution in [0.2, 0.25) is 0 Å². The van der Waals surface area contributed by atoms with E-state index in [1.807, 2.05) is 29.2 Å². The second kappa shape index (κ2) is 6.89. The molecule has 4 heteroatoms. The first-order chi connectivity index (χ1) is 9.65. The van der Waals surface area contributed by atoms with E-state index in [0.717, 1.165) is 43.0 Å². The number of carboxylic acids is 1. The minimum Gasteiger partial charge on any atom is -0.478 e. The summed E-state index contributed by atoms with van der Waals surface area (Å²) in [5.41, 5.74) is 1.92. The lowest BCUT2D eigenvalue weighted by Gasteiger charge is -2.20. The fourth-order valence-electron chi connectivity index (χ4n) is 2.33. The number of nitrogens with zero attached hydrogens (tertiary/aromatic N) is 1. The van der Waals surface area contributed by atoms with Crippen molar-refractivity contribution in [1.29, 1.82) is 0 Å². The molecule has 1 aromatic rings. The van der Waals surface area contributed by atoms with E-state index in [1.54, 1.807) is 6.08 Å². The lowest BCUT2D eigenvalue weighted by molar-refractivity contribution is -0.132. The zero-order chi connectivity index (χ0) is 14.4. The molecule has 0 unspecified atom stereocenters. The molecule has 0 bridgehead atoms. The molecule has 106 valence electrons. The highest BCUT2D eigenvalue weighted by Crippen LogP contribution is 2.15. The van der Waals surface area contributed by atoms with E-state index in [0.29, 0.717) is 13.0 Å². The van der Waals surface area contributed by atoms with Gasteiger partial charge in [-0.3, -0.25) is 4.79 Å². The van der Waals surface area contributed by atoms with Crippen LogP contribution >= 0.6 is 0 Å². The summed E-state index contributed by atoms with van der Waals surface area (Å²) in [6.07, 6.45) is 6.52. The van der Waals surface area contributed by atoms with Gasteiger partial charge in [-0.15, -0.1) is 0 Å². The zero-order valence-electron chi connectivity index (χ0n) is 11.4. The Morgan fingerprint density at radius 3 is 2.65 bits per heavy atom. The van der Waals surface area contributed by atoms with Crippen LogP contribution in [0.15, 0.2) is 30.3 Å². The van der Waals surface area contributed by atoms with Gasteiger partial charge >= 0.3 is 5.97 Å². The molecule has 4 nitrogen and oxygen atoms in total. The van der Waals surface area contributed by atoms with Gasteiger partial charge in [-0.05, 0) is 30.0 Å². The van der Waals surface area contributed by atoms with Gasteiger partial charge in [0.25, 0.3) is 0 Å². The van der Waals surface area contributed by atoms with E-state index in [-0.39, 0.29) is 5.91 Å². The molecule has 1 aromatic carbocycles. The average molecular weight is 273 g/mol. The third-order valence-electron chi connectivity index (χ3n) is 3.44. The first-order valence-electron chi connectivity index (χ1n) is 6.93. The van der Waals surface area contributed by atoms with Crippen molar-refractivity contribution >= 4 is 18.0 Å². The summed E-state index contributed by atoms with van der Waals surface area (Å²) in [4.78, 5) is 24.3. The van der Waals surface area contributed by atoms with Crippen molar-refractivity contribution in [3.05, 3.63) is 41.5 Å². The Labute approximate surface area is 118 Å². The largest absolute Gasteiger partial charge is 0.478 e. The first kappa shape index (κ1) is 14.3. The predicted molar refractivity (Wildman–Crippen MR) is 77.0 cm³/mol. The Balaban J connectivity index is 1.99. The maximum atomic E-state index is 11.9. The number of likely N-dealkylation sites (tertiary alicyclic amines) is 1. The van der Waals surface area contributed by atoms with Crippen molar-refractivity contribution < 1.29 is 14.7 Å². The molecule has 0 aliphatic carbocycles. The van der Waals surface area contributed by atoms with E-state index >= 15 is 0 Å². The third kappa shape index (κ3) is 4.23. The minimum absolute atomic E-state index is 0.234. The van der Waals surface area contributed by atoms with Crippen LogP contribution in [0.1, 0.15) is 36.8 Å². The number of carbonyl (C=O) groups excluding carboxylic acids is 1. The summed E-state index contributed by atoms with van der Waals surface area (Å²) in [5.74, 6) is -0.721. The molecule has 1 aliphatic rings. The van der Waals surface area contributed by atoms with Gasteiger partial charge < -0.3 is 10.0 Å². The number of carbonyl (C=O) groups is 2. The molecule has 0 saturated carbocycles. The van der Waals surface area contributed by atoms with Gasteiger partial charge in [0.2, 0.25) is 5.91 Å². The molecular formula is C16H19NO3. The molecule has 0 radical (unpaired) electrons. The fourth-order valence-corrected chi connectivity index (χ4v) is 2.33. The highest BCUT2D eigenvalue weighted by atomic mass is 16.4. The number of hydrogen-bond donors (Lipinski definition) is 1. The Kier molecular flexibility index (Phi) is 4.93. The summed E-state index contributed by atoms with van der Waals surface area (Å²) in [7, 11) is 0. The summed E-state index contributed by atoms with van der Waals surface area (Å²) in [6.45, 7) is 1.47. The van der Waals surface area contributed by atoms with E-state index in [4.69, 9.17) is 5.11 Å². The molecular weight excluding hydrogens is 254 g/mol. The molecule has 1 fully saturated rings. The standard InChI is InChI=1S/C16H19NO3/c18-15-4-2-1-3-11-17(15)12-14-7-5-13(6-8-14)9-10-16(19)20/h5-10H,1-4,11-12H2,(H,19,20). The molecule has 2 rings (SSSR count). The van der Waals surface area contributed by atoms with E-state index in [2.05, 4.69) is 0 Å². The van der Waals surface area contributed by atoms with Gasteiger partial charge in [-0.25, -0.2) is 4.79 Å². The number of amides is 1. The van der Waals surface area contributed by atoms with Crippen LogP contribution in [-0.2, 0) is 16.1 Å². The topological polar surface area (TPSA) is 57.6 Å². The van der Waals surface area contributed by atoms with E-state index < -0.39 is 5.97 Å². The summed E-state index contributed by atoms with van der Waals surface area (Å²) in [6, 6.07) is 7.63. The number of benzene rings is 1. The van der Waals surface area contributed by atoms with Gasteiger partial charge in [0.15, 0.2) is 0 Å². The summed E-state index contributed by atoms with van der Waals surface area (Å²) >= 11 is 0. The number of carboxylic acid groups (broad SMARTS) is 1. The van der Waals surface area contributed by atoms with Crippen LogP contribution in [0.25, 0.3) is 6.08 Å². The number of hydrogen-bond acceptors (Lipinski definition) is 2. The van der Waals surface area contributed by atoms with Crippen molar-refractivity contribution in [2.45, 2.75) is 32.2 Å². The van der Waals surface area contributed by atoms with Crippen LogP contribution < -0.4 is 0 Å². The number of aliphatic carboxylic acids is 1. The third-order valence-corrected chi connectivity index (χ3v) is 3.44. The lowest BCUT2D eigenvalue weighted by Crippen LogP contribution is -2.29. The molecule has 0 atom stereocenters. The van der Waals surface area contributed by atoms with E-state index in [9.17, 15) is 9.59 Å². The van der Waals surface area contributed by atoms with Crippen LogP contribution in [0, 0.1) is 0 Å². The lowest BCUT2D eigenvalue weighted by atomic mass is 10.1. The summed E-state index contributed by atoms with van der Waals surface area (Å²) < 4.78 is 0. The zero-order valence-corrected chi connectivity index (χ0v) is 11.4. The van der Waals surface area contributed by atoms with Gasteiger partial charge in [-0.1, -0.05) is 30.7 Å². The van der Waals surface area contributed by atoms with Gasteiger partial charge in [0.1, 0.15) is 0 Å². The molecule has 20 heavy (non-hydrogen) atoms. The minimum atomic E-state index is -0.954. The van der Waals surface area contributed by atoms with Crippen molar-refractivity contribution in [1.82, 2.24) is 4.90 Å². The Hall–Kier alpha value is -2.10. The van der Waals surface area contributed by atoms with Crippen molar-refractivity contribution in [3.63, 3.8) is 0 Å². The highest BCUT2D eigenvalue weighted by Gasteiger charge is 2.16. The molecule has 0 spiro atoms. The van der Waals surface area contributed by atoms with Crippen LogP contribution in [0.3, 0.4) is 0 Å².